The number of nitrogens with one attached hydrogen (secondary N) is 1. The van der Waals surface area contributed by atoms with Crippen LogP contribution in [-0.4, -0.2) is 76.6 Å². The predicted molar refractivity (Wildman–Crippen MR) is 161 cm³/mol. The highest BCUT2D eigenvalue weighted by Gasteiger charge is 2.45. The molecule has 9 heteroatoms. The number of hydrogen-bond acceptors (Lipinski definition) is 5. The van der Waals surface area contributed by atoms with Crippen molar-refractivity contribution in [3.05, 3.63) is 47.5 Å². The number of ether oxygens (including phenoxy) is 1. The maximum atomic E-state index is 14.2. The van der Waals surface area contributed by atoms with Crippen LogP contribution >= 0.6 is 0 Å². The maximum absolute atomic E-state index is 14.2. The van der Waals surface area contributed by atoms with Gasteiger partial charge in [0.05, 0.1) is 6.04 Å². The molecule has 0 heterocycles. The molecule has 0 aliphatic carbocycles. The van der Waals surface area contributed by atoms with Crippen LogP contribution in [0.15, 0.2) is 42.0 Å². The molecule has 0 saturated carbocycles. The molecule has 0 bridgehead atoms. The molecule has 1 aromatic carbocycles. The third-order valence-corrected chi connectivity index (χ3v) is 7.15. The molecule has 3 amide bonds. The van der Waals surface area contributed by atoms with Crippen LogP contribution in [0, 0.1) is 11.3 Å². The quantitative estimate of drug-likeness (QED) is 0.370. The molecule has 0 saturated heterocycles. The molecular weight excluding hydrogens is 522 g/mol. The summed E-state index contributed by atoms with van der Waals surface area (Å²) in [5, 5.41) is 12.4. The van der Waals surface area contributed by atoms with Crippen LogP contribution in [-0.2, 0) is 24.5 Å². The van der Waals surface area contributed by atoms with E-state index in [4.69, 9.17) is 4.74 Å². The van der Waals surface area contributed by atoms with Crippen molar-refractivity contribution in [3.63, 3.8) is 0 Å². The first-order valence-electron chi connectivity index (χ1n) is 14.0. The summed E-state index contributed by atoms with van der Waals surface area (Å²) in [6, 6.07) is 6.90. The van der Waals surface area contributed by atoms with Gasteiger partial charge in [-0.2, -0.15) is 0 Å². The number of nitrogens with zero attached hydrogens (tertiary/aromatic N) is 2. The van der Waals surface area contributed by atoms with Crippen LogP contribution in [0.2, 0.25) is 0 Å². The summed E-state index contributed by atoms with van der Waals surface area (Å²) in [5.41, 5.74) is -1.39. The highest BCUT2D eigenvalue weighted by Crippen LogP contribution is 2.32. The minimum absolute atomic E-state index is 0.0855. The van der Waals surface area contributed by atoms with Crippen molar-refractivity contribution in [2.24, 2.45) is 11.3 Å². The van der Waals surface area contributed by atoms with Crippen molar-refractivity contribution in [2.45, 2.75) is 105 Å². The van der Waals surface area contributed by atoms with Gasteiger partial charge in [0.15, 0.2) is 0 Å². The molecule has 0 aliphatic heterocycles. The van der Waals surface area contributed by atoms with Gasteiger partial charge in [0.25, 0.3) is 0 Å². The highest BCUT2D eigenvalue weighted by molar-refractivity contribution is 5.93. The monoisotopic (exact) mass is 573 g/mol. The van der Waals surface area contributed by atoms with Crippen molar-refractivity contribution >= 4 is 23.9 Å². The number of amides is 3. The Bertz CT molecular complexity index is 1110. The van der Waals surface area contributed by atoms with E-state index in [1.165, 1.54) is 23.8 Å². The van der Waals surface area contributed by atoms with Crippen LogP contribution < -0.4 is 5.32 Å². The lowest BCUT2D eigenvalue weighted by molar-refractivity contribution is -0.142. The second kappa shape index (κ2) is 13.5. The number of likely N-dealkylation sites (N-methyl/N-ethyl adjacent to an activating group) is 2. The molecule has 230 valence electrons. The largest absolute Gasteiger partial charge is 0.478 e. The summed E-state index contributed by atoms with van der Waals surface area (Å²) in [4.78, 5) is 55.7. The lowest BCUT2D eigenvalue weighted by Crippen LogP contribution is -2.63. The molecule has 1 aromatic rings. The normalized spacial score (nSPS) is 15.0. The zero-order chi connectivity index (χ0) is 32.1. The first-order chi connectivity index (χ1) is 18.5. The number of aliphatic carboxylic acids is 1. The summed E-state index contributed by atoms with van der Waals surface area (Å²) in [6.45, 7) is 19.9. The lowest BCUT2D eigenvalue weighted by Gasteiger charge is -2.42. The van der Waals surface area contributed by atoms with Crippen molar-refractivity contribution in [3.8, 4) is 0 Å². The Kier molecular flexibility index (Phi) is 11.8. The number of hydrogen-bond donors (Lipinski definition) is 2. The van der Waals surface area contributed by atoms with E-state index in [-0.39, 0.29) is 17.4 Å². The number of rotatable bonds is 10. The molecule has 3 atom stereocenters. The topological polar surface area (TPSA) is 116 Å². The molecule has 1 rings (SSSR count). The Morgan fingerprint density at radius 2 is 1.41 bits per heavy atom. The zero-order valence-electron chi connectivity index (χ0n) is 27.2. The van der Waals surface area contributed by atoms with Crippen molar-refractivity contribution in [2.75, 3.05) is 14.1 Å². The Morgan fingerprint density at radius 3 is 1.83 bits per heavy atom. The van der Waals surface area contributed by atoms with Crippen LogP contribution in [0.5, 0.6) is 0 Å². The standard InChI is InChI=1S/C32H51N3O6/c1-20(2)23(19-21(3)28(38)39)34(12)27(37)24(30(4,5)6)33-26(36)25(35(13)29(40)41-31(7,8)9)32(10,11)22-17-15-14-16-18-22/h14-20,23-25H,1-13H3,(H,33,36)(H,38,39)/b21-19+/t23?,24?,25-/m1/s1. The third-order valence-electron chi connectivity index (χ3n) is 7.15. The van der Waals surface area contributed by atoms with Crippen LogP contribution in [0.4, 0.5) is 4.79 Å². The van der Waals surface area contributed by atoms with Crippen LogP contribution in [0.3, 0.4) is 0 Å². The molecule has 0 radical (unpaired) electrons. The Hall–Kier alpha value is -3.36. The minimum Gasteiger partial charge on any atom is -0.478 e. The Balaban J connectivity index is 3.59. The second-order valence-electron chi connectivity index (χ2n) is 13.7. The highest BCUT2D eigenvalue weighted by atomic mass is 16.6. The first-order valence-corrected chi connectivity index (χ1v) is 14.0. The summed E-state index contributed by atoms with van der Waals surface area (Å²) in [7, 11) is 3.14. The minimum atomic E-state index is -1.06. The Morgan fingerprint density at radius 1 is 0.902 bits per heavy atom. The molecule has 0 aromatic heterocycles. The first kappa shape index (κ1) is 35.7. The van der Waals surface area contributed by atoms with Crippen molar-refractivity contribution in [1.29, 1.82) is 0 Å². The van der Waals surface area contributed by atoms with E-state index in [0.29, 0.717) is 0 Å². The summed E-state index contributed by atoms with van der Waals surface area (Å²) in [5.74, 6) is -2.02. The Labute approximate surface area is 246 Å². The van der Waals surface area contributed by atoms with Gasteiger partial charge in [-0.3, -0.25) is 14.5 Å². The maximum Gasteiger partial charge on any atom is 0.410 e. The van der Waals surface area contributed by atoms with E-state index in [1.54, 1.807) is 33.9 Å². The SMILES string of the molecule is C/C(=C\C(C(C)C)N(C)C(=O)C(NC(=O)[C@@H](N(C)C(=O)OC(C)(C)C)C(C)(C)c1ccccc1)C(C)(C)C)C(=O)O. The zero-order valence-corrected chi connectivity index (χ0v) is 27.2. The van der Waals surface area contributed by atoms with Gasteiger partial charge >= 0.3 is 12.1 Å². The number of benzene rings is 1. The summed E-state index contributed by atoms with van der Waals surface area (Å²) < 4.78 is 5.61. The van der Waals surface area contributed by atoms with E-state index in [9.17, 15) is 24.3 Å². The fourth-order valence-corrected chi connectivity index (χ4v) is 4.75. The van der Waals surface area contributed by atoms with E-state index in [2.05, 4.69) is 5.32 Å². The van der Waals surface area contributed by atoms with Gasteiger partial charge in [0.2, 0.25) is 11.8 Å². The fourth-order valence-electron chi connectivity index (χ4n) is 4.75. The second-order valence-corrected chi connectivity index (χ2v) is 13.7. The average Bonchev–Trinajstić information content (AvgIpc) is 2.83. The fraction of sp³-hybridized carbons (Fsp3) is 0.625. The number of carbonyl (C=O) groups is 4. The predicted octanol–water partition coefficient (Wildman–Crippen LogP) is 5.24. The molecule has 0 spiro atoms. The molecule has 2 unspecified atom stereocenters. The number of carboxylic acid groups (broad SMARTS) is 1. The van der Waals surface area contributed by atoms with E-state index < -0.39 is 52.5 Å². The van der Waals surface area contributed by atoms with E-state index in [1.807, 2.05) is 78.8 Å². The van der Waals surface area contributed by atoms with Gasteiger partial charge in [0.1, 0.15) is 17.7 Å². The van der Waals surface area contributed by atoms with E-state index in [0.717, 1.165) is 5.56 Å². The van der Waals surface area contributed by atoms with Crippen LogP contribution in [0.1, 0.15) is 81.7 Å². The summed E-state index contributed by atoms with van der Waals surface area (Å²) >= 11 is 0. The van der Waals surface area contributed by atoms with Gasteiger partial charge in [-0.15, -0.1) is 0 Å². The van der Waals surface area contributed by atoms with E-state index >= 15 is 0 Å². The van der Waals surface area contributed by atoms with Gasteiger partial charge in [0, 0.05) is 25.1 Å². The van der Waals surface area contributed by atoms with Gasteiger partial charge in [-0.25, -0.2) is 9.59 Å². The number of carboxylic acids is 1. The average molecular weight is 574 g/mol. The smallest absolute Gasteiger partial charge is 0.410 e. The molecule has 2 N–H and O–H groups in total. The summed E-state index contributed by atoms with van der Waals surface area (Å²) in [6.07, 6.45) is 0.899. The van der Waals surface area contributed by atoms with Crippen molar-refractivity contribution < 1.29 is 29.0 Å². The van der Waals surface area contributed by atoms with Gasteiger partial charge in [-0.05, 0) is 44.6 Å². The lowest BCUT2D eigenvalue weighted by atomic mass is 9.76. The number of carbonyl (C=O) groups excluding carboxylic acids is 3. The van der Waals surface area contributed by atoms with Gasteiger partial charge in [-0.1, -0.05) is 84.9 Å². The molecule has 0 fully saturated rings. The molecular formula is C32H51N3O6. The van der Waals surface area contributed by atoms with Crippen LogP contribution in [0.25, 0.3) is 0 Å². The molecule has 9 nitrogen and oxygen atoms in total. The van der Waals surface area contributed by atoms with Crippen molar-refractivity contribution in [1.82, 2.24) is 15.1 Å². The molecule has 41 heavy (non-hydrogen) atoms. The third kappa shape index (κ3) is 9.61. The van der Waals surface area contributed by atoms with Gasteiger partial charge < -0.3 is 20.1 Å². The molecule has 0 aliphatic rings.